The molecule has 2 aromatic heterocycles. The number of anilines is 1. The zero-order valence-electron chi connectivity index (χ0n) is 19.1. The first-order valence-corrected chi connectivity index (χ1v) is 11.6. The number of fused-ring (bicyclic) bond motifs is 2. The Hall–Kier alpha value is -4.11. The van der Waals surface area contributed by atoms with Crippen molar-refractivity contribution in [1.29, 1.82) is 0 Å². The predicted octanol–water partition coefficient (Wildman–Crippen LogP) is 4.87. The fourth-order valence-corrected chi connectivity index (χ4v) is 4.24. The van der Waals surface area contributed by atoms with Gasteiger partial charge in [-0.25, -0.2) is 9.97 Å². The Bertz CT molecular complexity index is 1540. The van der Waals surface area contributed by atoms with Gasteiger partial charge in [0.25, 0.3) is 5.91 Å². The average Bonchev–Trinajstić information content (AvgIpc) is 3.16. The summed E-state index contributed by atoms with van der Waals surface area (Å²) in [6.45, 7) is 0.248. The minimum absolute atomic E-state index is 0.248. The third kappa shape index (κ3) is 4.26. The molecule has 0 saturated heterocycles. The number of nitrogens with two attached hydrogens (primary N) is 1. The van der Waals surface area contributed by atoms with Gasteiger partial charge in [0.1, 0.15) is 28.4 Å². The Morgan fingerprint density at radius 3 is 2.23 bits per heavy atom. The van der Waals surface area contributed by atoms with Crippen LogP contribution in [0.1, 0.15) is 15.9 Å². The van der Waals surface area contributed by atoms with Gasteiger partial charge < -0.3 is 20.5 Å². The Morgan fingerprint density at radius 1 is 0.971 bits per heavy atom. The number of halogens is 1. The molecule has 0 atom stereocenters. The van der Waals surface area contributed by atoms with Crippen molar-refractivity contribution in [2.24, 2.45) is 0 Å². The van der Waals surface area contributed by atoms with E-state index < -0.39 is 0 Å². The molecular weight excluding hydrogens is 510 g/mol. The van der Waals surface area contributed by atoms with Gasteiger partial charge >= 0.3 is 0 Å². The first kappa shape index (κ1) is 22.7. The van der Waals surface area contributed by atoms with E-state index in [4.69, 9.17) is 25.2 Å². The number of carbonyl (C=O) groups is 1. The second-order valence-corrected chi connectivity index (χ2v) is 8.78. The molecule has 3 aromatic carbocycles. The fourth-order valence-electron chi connectivity index (χ4n) is 3.98. The number of nitrogen functional groups attached to an aromatic ring is 1. The molecule has 9 heteroatoms. The van der Waals surface area contributed by atoms with Gasteiger partial charge in [0.2, 0.25) is 0 Å². The molecule has 0 radical (unpaired) electrons. The second kappa shape index (κ2) is 9.27. The Morgan fingerprint density at radius 2 is 1.60 bits per heavy atom. The molecule has 3 N–H and O–H groups in total. The SMILES string of the molecule is COc1cc(CNC(=O)c2c(N)n(-c3ccc(Br)cc3)c3nc4ccccc4nc23)cc(OC)c1. The molecule has 2 heterocycles. The van der Waals surface area contributed by atoms with E-state index in [2.05, 4.69) is 21.2 Å². The number of carbonyl (C=O) groups excluding carboxylic acids is 1. The average molecular weight is 532 g/mol. The number of aromatic nitrogens is 3. The van der Waals surface area contributed by atoms with E-state index in [0.717, 1.165) is 15.7 Å². The molecule has 0 aliphatic heterocycles. The maximum Gasteiger partial charge on any atom is 0.257 e. The molecule has 0 fully saturated rings. The lowest BCUT2D eigenvalue weighted by molar-refractivity contribution is 0.0953. The molecule has 176 valence electrons. The summed E-state index contributed by atoms with van der Waals surface area (Å²) in [6, 6.07) is 20.6. The first-order chi connectivity index (χ1) is 17.0. The molecule has 0 aliphatic rings. The van der Waals surface area contributed by atoms with E-state index in [1.807, 2.05) is 60.7 Å². The summed E-state index contributed by atoms with van der Waals surface area (Å²) in [7, 11) is 3.16. The van der Waals surface area contributed by atoms with E-state index in [1.54, 1.807) is 24.9 Å². The van der Waals surface area contributed by atoms with Gasteiger partial charge in [-0.3, -0.25) is 9.36 Å². The highest BCUT2D eigenvalue weighted by Crippen LogP contribution is 2.31. The molecule has 0 unspecified atom stereocenters. The highest BCUT2D eigenvalue weighted by atomic mass is 79.9. The number of hydrogen-bond donors (Lipinski definition) is 2. The Labute approximate surface area is 209 Å². The van der Waals surface area contributed by atoms with Gasteiger partial charge in [-0.15, -0.1) is 0 Å². The van der Waals surface area contributed by atoms with Crippen LogP contribution < -0.4 is 20.5 Å². The van der Waals surface area contributed by atoms with Crippen molar-refractivity contribution in [3.8, 4) is 17.2 Å². The number of nitrogens with zero attached hydrogens (tertiary/aromatic N) is 3. The summed E-state index contributed by atoms with van der Waals surface area (Å²) in [4.78, 5) is 23.0. The fraction of sp³-hybridized carbons (Fsp3) is 0.115. The third-order valence-electron chi connectivity index (χ3n) is 5.67. The number of hydrogen-bond acceptors (Lipinski definition) is 6. The van der Waals surface area contributed by atoms with Crippen LogP contribution in [0.5, 0.6) is 11.5 Å². The standard InChI is InChI=1S/C26H22BrN5O3/c1-34-18-11-15(12-19(13-18)35-2)14-29-26(33)22-23-25(31-21-6-4-3-5-20(21)30-23)32(24(22)28)17-9-7-16(27)8-10-17/h3-13H,14,28H2,1-2H3,(H,29,33). The van der Waals surface area contributed by atoms with Crippen molar-refractivity contribution < 1.29 is 14.3 Å². The molecule has 0 saturated carbocycles. The number of nitrogens with one attached hydrogen (secondary N) is 1. The number of amides is 1. The highest BCUT2D eigenvalue weighted by molar-refractivity contribution is 9.10. The number of ether oxygens (including phenoxy) is 2. The first-order valence-electron chi connectivity index (χ1n) is 10.8. The summed E-state index contributed by atoms with van der Waals surface area (Å²) in [6.07, 6.45) is 0. The van der Waals surface area contributed by atoms with Gasteiger partial charge in [-0.2, -0.15) is 0 Å². The van der Waals surface area contributed by atoms with Crippen LogP contribution in [-0.4, -0.2) is 34.7 Å². The van der Waals surface area contributed by atoms with Gasteiger partial charge in [0.15, 0.2) is 5.65 Å². The molecule has 0 bridgehead atoms. The van der Waals surface area contributed by atoms with E-state index >= 15 is 0 Å². The molecule has 1 amide bonds. The Balaban J connectivity index is 1.60. The minimum Gasteiger partial charge on any atom is -0.497 e. The highest BCUT2D eigenvalue weighted by Gasteiger charge is 2.24. The predicted molar refractivity (Wildman–Crippen MR) is 139 cm³/mol. The lowest BCUT2D eigenvalue weighted by atomic mass is 10.2. The lowest BCUT2D eigenvalue weighted by Gasteiger charge is -2.10. The summed E-state index contributed by atoms with van der Waals surface area (Å²) in [5, 5.41) is 2.95. The number of benzene rings is 3. The smallest absolute Gasteiger partial charge is 0.257 e. The van der Waals surface area contributed by atoms with E-state index in [0.29, 0.717) is 33.7 Å². The summed E-state index contributed by atoms with van der Waals surface area (Å²) in [5.41, 5.74) is 10.8. The van der Waals surface area contributed by atoms with Crippen LogP contribution in [0.4, 0.5) is 5.82 Å². The van der Waals surface area contributed by atoms with Crippen LogP contribution in [0, 0.1) is 0 Å². The van der Waals surface area contributed by atoms with Crippen LogP contribution in [0.15, 0.2) is 71.2 Å². The summed E-state index contributed by atoms with van der Waals surface area (Å²) >= 11 is 3.46. The van der Waals surface area contributed by atoms with Crippen molar-refractivity contribution in [2.75, 3.05) is 20.0 Å². The third-order valence-corrected chi connectivity index (χ3v) is 6.20. The minimum atomic E-state index is -0.352. The zero-order valence-corrected chi connectivity index (χ0v) is 20.7. The largest absolute Gasteiger partial charge is 0.497 e. The monoisotopic (exact) mass is 531 g/mol. The van der Waals surface area contributed by atoms with Gasteiger partial charge in [0, 0.05) is 22.8 Å². The molecule has 5 rings (SSSR count). The lowest BCUT2D eigenvalue weighted by Crippen LogP contribution is -2.24. The summed E-state index contributed by atoms with van der Waals surface area (Å²) < 4.78 is 13.3. The molecule has 0 aliphatic carbocycles. The normalized spacial score (nSPS) is 11.1. The van der Waals surface area contributed by atoms with Crippen molar-refractivity contribution in [3.05, 3.63) is 82.3 Å². The van der Waals surface area contributed by atoms with Crippen molar-refractivity contribution in [1.82, 2.24) is 19.9 Å². The van der Waals surface area contributed by atoms with Crippen molar-refractivity contribution in [3.63, 3.8) is 0 Å². The van der Waals surface area contributed by atoms with Crippen molar-refractivity contribution >= 4 is 49.9 Å². The van der Waals surface area contributed by atoms with Crippen LogP contribution in [0.2, 0.25) is 0 Å². The van der Waals surface area contributed by atoms with Crippen LogP contribution in [0.25, 0.3) is 27.9 Å². The van der Waals surface area contributed by atoms with Crippen molar-refractivity contribution in [2.45, 2.75) is 6.54 Å². The maximum atomic E-state index is 13.5. The summed E-state index contributed by atoms with van der Waals surface area (Å²) in [5.74, 6) is 1.18. The number of rotatable bonds is 6. The van der Waals surface area contributed by atoms with Crippen LogP contribution in [-0.2, 0) is 6.54 Å². The molecule has 0 spiro atoms. The van der Waals surface area contributed by atoms with Gasteiger partial charge in [0.05, 0.1) is 25.3 Å². The number of methoxy groups -OCH3 is 2. The molecular formula is C26H22BrN5O3. The van der Waals surface area contributed by atoms with E-state index in [1.165, 1.54) is 0 Å². The zero-order chi connectivity index (χ0) is 24.5. The quantitative estimate of drug-likeness (QED) is 0.324. The molecule has 5 aromatic rings. The van der Waals surface area contributed by atoms with E-state index in [-0.39, 0.29) is 23.8 Å². The maximum absolute atomic E-state index is 13.5. The van der Waals surface area contributed by atoms with Crippen LogP contribution in [0.3, 0.4) is 0 Å². The number of para-hydroxylation sites is 2. The van der Waals surface area contributed by atoms with Crippen LogP contribution >= 0.6 is 15.9 Å². The van der Waals surface area contributed by atoms with Gasteiger partial charge in [-0.05, 0) is 54.1 Å². The topological polar surface area (TPSA) is 104 Å². The second-order valence-electron chi connectivity index (χ2n) is 7.86. The molecule has 8 nitrogen and oxygen atoms in total. The molecule has 35 heavy (non-hydrogen) atoms. The van der Waals surface area contributed by atoms with Gasteiger partial charge in [-0.1, -0.05) is 28.1 Å². The Kier molecular flexibility index (Phi) is 6.00. The van der Waals surface area contributed by atoms with E-state index in [9.17, 15) is 4.79 Å².